The van der Waals surface area contributed by atoms with Crippen LogP contribution in [0.1, 0.15) is 0 Å². The molecule has 0 atom stereocenters. The summed E-state index contributed by atoms with van der Waals surface area (Å²) in [7, 11) is -4.10. The molecule has 0 saturated heterocycles. The molecule has 0 bridgehead atoms. The molecule has 0 aliphatic carbocycles. The highest BCUT2D eigenvalue weighted by molar-refractivity contribution is 7.89. The maximum absolute atomic E-state index is 11.0. The van der Waals surface area contributed by atoms with Gasteiger partial charge in [-0.15, -0.1) is 0 Å². The van der Waals surface area contributed by atoms with Crippen LogP contribution in [0.2, 0.25) is 10.0 Å². The average Bonchev–Trinajstić information content (AvgIpc) is 2.00. The topological polar surface area (TPSA) is 103 Å². The fourth-order valence-corrected chi connectivity index (χ4v) is 2.26. The summed E-state index contributed by atoms with van der Waals surface area (Å²) in [5.74, 6) is 0. The van der Waals surface area contributed by atoms with Gasteiger partial charge in [0.1, 0.15) is 9.92 Å². The summed E-state index contributed by atoms with van der Waals surface area (Å²) in [4.78, 5) is 9.10. The van der Waals surface area contributed by atoms with E-state index in [-0.39, 0.29) is 10.0 Å². The molecule has 0 radical (unpaired) electrons. The monoisotopic (exact) mass is 270 g/mol. The van der Waals surface area contributed by atoms with E-state index in [0.717, 1.165) is 12.1 Å². The van der Waals surface area contributed by atoms with Gasteiger partial charge in [0.2, 0.25) is 10.0 Å². The van der Waals surface area contributed by atoms with Crippen LogP contribution in [-0.2, 0) is 10.0 Å². The van der Waals surface area contributed by atoms with E-state index in [2.05, 4.69) is 0 Å². The van der Waals surface area contributed by atoms with Crippen LogP contribution < -0.4 is 5.14 Å². The Morgan fingerprint density at radius 2 is 1.80 bits per heavy atom. The molecule has 0 aliphatic rings. The van der Waals surface area contributed by atoms with Gasteiger partial charge in [-0.3, -0.25) is 10.1 Å². The van der Waals surface area contributed by atoms with Gasteiger partial charge in [0, 0.05) is 6.07 Å². The van der Waals surface area contributed by atoms with Gasteiger partial charge < -0.3 is 0 Å². The van der Waals surface area contributed by atoms with Gasteiger partial charge in [0.15, 0.2) is 0 Å². The zero-order valence-corrected chi connectivity index (χ0v) is 9.30. The summed E-state index contributed by atoms with van der Waals surface area (Å²) in [6.07, 6.45) is 0. The van der Waals surface area contributed by atoms with E-state index in [0.29, 0.717) is 0 Å². The first-order valence-electron chi connectivity index (χ1n) is 3.39. The molecule has 82 valence electrons. The molecular weight excluding hydrogens is 267 g/mol. The Balaban J connectivity index is 3.58. The summed E-state index contributed by atoms with van der Waals surface area (Å²) in [5.41, 5.74) is -0.565. The molecule has 0 aromatic heterocycles. The van der Waals surface area contributed by atoms with Crippen LogP contribution in [0.4, 0.5) is 5.69 Å². The van der Waals surface area contributed by atoms with Crippen LogP contribution in [0.15, 0.2) is 17.0 Å². The minimum atomic E-state index is -4.10. The van der Waals surface area contributed by atoms with Crippen LogP contribution in [0, 0.1) is 10.1 Å². The Hall–Kier alpha value is -0.890. The van der Waals surface area contributed by atoms with E-state index in [9.17, 15) is 18.5 Å². The molecule has 0 heterocycles. The van der Waals surface area contributed by atoms with Gasteiger partial charge in [-0.05, 0) is 6.07 Å². The highest BCUT2D eigenvalue weighted by Gasteiger charge is 2.21. The van der Waals surface area contributed by atoms with Crippen molar-refractivity contribution in [3.05, 3.63) is 32.3 Å². The van der Waals surface area contributed by atoms with Gasteiger partial charge in [0.25, 0.3) is 5.69 Å². The van der Waals surface area contributed by atoms with Crippen molar-refractivity contribution in [2.24, 2.45) is 5.14 Å². The van der Waals surface area contributed by atoms with E-state index in [1.54, 1.807) is 0 Å². The summed E-state index contributed by atoms with van der Waals surface area (Å²) < 4.78 is 21.9. The van der Waals surface area contributed by atoms with E-state index >= 15 is 0 Å². The van der Waals surface area contributed by atoms with Crippen LogP contribution in [0.25, 0.3) is 0 Å². The third-order valence-electron chi connectivity index (χ3n) is 1.50. The fourth-order valence-electron chi connectivity index (χ4n) is 0.876. The molecule has 6 nitrogen and oxygen atoms in total. The van der Waals surface area contributed by atoms with Crippen molar-refractivity contribution in [1.29, 1.82) is 0 Å². The lowest BCUT2D eigenvalue weighted by Crippen LogP contribution is -2.13. The van der Waals surface area contributed by atoms with Crippen molar-refractivity contribution < 1.29 is 13.3 Å². The first-order valence-corrected chi connectivity index (χ1v) is 5.70. The average molecular weight is 271 g/mol. The lowest BCUT2D eigenvalue weighted by Gasteiger charge is -2.02. The predicted molar refractivity (Wildman–Crippen MR) is 54.5 cm³/mol. The predicted octanol–water partition coefficient (Wildman–Crippen LogP) is 1.55. The quantitative estimate of drug-likeness (QED) is 0.650. The minimum absolute atomic E-state index is 0.252. The first-order chi connectivity index (χ1) is 6.73. The molecule has 1 aromatic rings. The lowest BCUT2D eigenvalue weighted by molar-refractivity contribution is -0.384. The minimum Gasteiger partial charge on any atom is -0.258 e. The van der Waals surface area contributed by atoms with E-state index in [4.69, 9.17) is 28.3 Å². The molecule has 1 rings (SSSR count). The highest BCUT2D eigenvalue weighted by atomic mass is 35.5. The second kappa shape index (κ2) is 3.93. The molecule has 0 aliphatic heterocycles. The number of nitro groups is 1. The SMILES string of the molecule is NS(=O)(=O)c1cc([N+](=O)[O-])c(Cl)cc1Cl. The highest BCUT2D eigenvalue weighted by Crippen LogP contribution is 2.32. The normalized spacial score (nSPS) is 11.4. The maximum Gasteiger partial charge on any atom is 0.289 e. The summed E-state index contributed by atoms with van der Waals surface area (Å²) in [6, 6.07) is 1.68. The van der Waals surface area contributed by atoms with Gasteiger partial charge in [0.05, 0.1) is 9.95 Å². The second-order valence-electron chi connectivity index (χ2n) is 2.54. The van der Waals surface area contributed by atoms with E-state index < -0.39 is 25.5 Å². The number of primary sulfonamides is 1. The third-order valence-corrected chi connectivity index (χ3v) is 3.18. The molecular formula is C6H4Cl2N2O4S. The smallest absolute Gasteiger partial charge is 0.258 e. The Bertz CT molecular complexity index is 528. The Labute approximate surface area is 94.8 Å². The molecule has 0 saturated carbocycles. The Morgan fingerprint density at radius 1 is 1.27 bits per heavy atom. The summed E-state index contributed by atoms with van der Waals surface area (Å²) in [5, 5.41) is 14.7. The number of sulfonamides is 1. The lowest BCUT2D eigenvalue weighted by atomic mass is 10.3. The number of halogens is 2. The zero-order chi connectivity index (χ0) is 11.8. The second-order valence-corrected chi connectivity index (χ2v) is 4.88. The fraction of sp³-hybridized carbons (Fsp3) is 0. The molecule has 0 unspecified atom stereocenters. The van der Waals surface area contributed by atoms with Gasteiger partial charge in [-0.1, -0.05) is 23.2 Å². The van der Waals surface area contributed by atoms with E-state index in [1.807, 2.05) is 0 Å². The van der Waals surface area contributed by atoms with Crippen LogP contribution in [0.5, 0.6) is 0 Å². The molecule has 0 amide bonds. The number of nitrogens with two attached hydrogens (primary N) is 1. The van der Waals surface area contributed by atoms with Crippen molar-refractivity contribution in [1.82, 2.24) is 0 Å². The van der Waals surface area contributed by atoms with Crippen molar-refractivity contribution in [2.45, 2.75) is 4.90 Å². The van der Waals surface area contributed by atoms with E-state index in [1.165, 1.54) is 0 Å². The number of hydrogen-bond acceptors (Lipinski definition) is 4. The number of benzene rings is 1. The van der Waals surface area contributed by atoms with Crippen molar-refractivity contribution >= 4 is 38.9 Å². The number of rotatable bonds is 2. The van der Waals surface area contributed by atoms with Crippen molar-refractivity contribution in [3.63, 3.8) is 0 Å². The number of nitrogens with zero attached hydrogens (tertiary/aromatic N) is 1. The van der Waals surface area contributed by atoms with Crippen LogP contribution >= 0.6 is 23.2 Å². The molecule has 0 fully saturated rings. The first kappa shape index (κ1) is 12.2. The molecule has 2 N–H and O–H groups in total. The van der Waals surface area contributed by atoms with Gasteiger partial charge in [-0.25, -0.2) is 13.6 Å². The van der Waals surface area contributed by atoms with Crippen LogP contribution in [-0.4, -0.2) is 13.3 Å². The van der Waals surface area contributed by atoms with Crippen molar-refractivity contribution in [2.75, 3.05) is 0 Å². The van der Waals surface area contributed by atoms with Gasteiger partial charge in [-0.2, -0.15) is 0 Å². The maximum atomic E-state index is 11.0. The number of nitro benzene ring substituents is 1. The Kier molecular flexibility index (Phi) is 3.19. The van der Waals surface area contributed by atoms with Crippen LogP contribution in [0.3, 0.4) is 0 Å². The summed E-state index contributed by atoms with van der Waals surface area (Å²) in [6.45, 7) is 0. The number of hydrogen-bond donors (Lipinski definition) is 1. The molecule has 15 heavy (non-hydrogen) atoms. The molecule has 1 aromatic carbocycles. The largest absolute Gasteiger partial charge is 0.289 e. The van der Waals surface area contributed by atoms with Gasteiger partial charge >= 0.3 is 0 Å². The molecule has 9 heteroatoms. The third kappa shape index (κ3) is 2.57. The standard InChI is InChI=1S/C6H4Cl2N2O4S/c7-3-1-4(8)6(15(9,13)14)2-5(3)10(11)12/h1-2H,(H2,9,13,14). The summed E-state index contributed by atoms with van der Waals surface area (Å²) >= 11 is 11.0. The Morgan fingerprint density at radius 3 is 2.20 bits per heavy atom. The zero-order valence-electron chi connectivity index (χ0n) is 6.98. The molecule has 0 spiro atoms. The van der Waals surface area contributed by atoms with Crippen molar-refractivity contribution in [3.8, 4) is 0 Å².